The quantitative estimate of drug-likeness (QED) is 0.263. The molecule has 0 bridgehead atoms. The Labute approximate surface area is 192 Å². The zero-order valence-electron chi connectivity index (χ0n) is 17.2. The van der Waals surface area contributed by atoms with Gasteiger partial charge in [0.25, 0.3) is 0 Å². The van der Waals surface area contributed by atoms with E-state index in [2.05, 4.69) is 123 Å². The molecule has 1 aromatic rings. The second kappa shape index (κ2) is 11.0. The lowest BCUT2D eigenvalue weighted by atomic mass is 9.64. The van der Waals surface area contributed by atoms with Crippen LogP contribution >= 0.6 is 31.8 Å². The van der Waals surface area contributed by atoms with Crippen LogP contribution in [0.1, 0.15) is 25.3 Å². The summed E-state index contributed by atoms with van der Waals surface area (Å²) in [6, 6.07) is 11.1. The van der Waals surface area contributed by atoms with Crippen LogP contribution in [-0.2, 0) is 5.54 Å². The van der Waals surface area contributed by atoms with E-state index in [1.807, 2.05) is 0 Å². The van der Waals surface area contributed by atoms with Crippen molar-refractivity contribution < 1.29 is 5.11 Å². The number of hydrogen-bond donors (Lipinski definition) is 1. The molecule has 0 aliphatic heterocycles. The van der Waals surface area contributed by atoms with Gasteiger partial charge in [-0.3, -0.25) is 4.90 Å². The number of aliphatic hydroxyl groups excluding tert-OH is 1. The molecule has 1 N–H and O–H groups in total. The molecule has 4 heteroatoms. The van der Waals surface area contributed by atoms with Crippen molar-refractivity contribution in [2.45, 2.75) is 34.9 Å². The van der Waals surface area contributed by atoms with E-state index in [4.69, 9.17) is 0 Å². The van der Waals surface area contributed by atoms with E-state index in [0.717, 1.165) is 25.9 Å². The largest absolute Gasteiger partial charge is 0.395 e. The maximum Gasteiger partial charge on any atom is 0.0593 e. The Balaban J connectivity index is 2.20. The van der Waals surface area contributed by atoms with Crippen molar-refractivity contribution in [2.75, 3.05) is 19.7 Å². The van der Waals surface area contributed by atoms with E-state index >= 15 is 0 Å². The van der Waals surface area contributed by atoms with Crippen molar-refractivity contribution in [3.8, 4) is 0 Å². The lowest BCUT2D eigenvalue weighted by Gasteiger charge is -2.54. The van der Waals surface area contributed by atoms with E-state index < -0.39 is 0 Å². The van der Waals surface area contributed by atoms with Crippen LogP contribution in [0.2, 0.25) is 0 Å². The van der Waals surface area contributed by atoms with Crippen molar-refractivity contribution in [3.05, 3.63) is 84.5 Å². The molecule has 0 heterocycles. The minimum atomic E-state index is -0.160. The Morgan fingerprint density at radius 2 is 1.62 bits per heavy atom. The number of halogens is 1. The third kappa shape index (κ3) is 5.31. The molecule has 3 rings (SSSR count). The summed E-state index contributed by atoms with van der Waals surface area (Å²) in [5, 5.41) is 9.89. The standard InChI is InChI=1S/C25H33INOP/c1-20(29)17-27(18-24(26)19-28)25(21-11-5-2-6-12-21,22-13-7-3-8-14-22)23-15-9-4-10-16-23/h2-13,15,20,22-24,28H,14,16-19,29H2,1H3/t20?,22-,23-,24?/m0/s1. The van der Waals surface area contributed by atoms with E-state index in [-0.39, 0.29) is 16.1 Å². The van der Waals surface area contributed by atoms with Gasteiger partial charge in [-0.05, 0) is 24.1 Å². The number of alkyl halides is 1. The second-order valence-electron chi connectivity index (χ2n) is 8.16. The average Bonchev–Trinajstić information content (AvgIpc) is 2.76. The zero-order valence-corrected chi connectivity index (χ0v) is 20.5. The maximum atomic E-state index is 9.89. The first-order chi connectivity index (χ1) is 14.1. The Bertz CT molecular complexity index is 725. The first kappa shape index (κ1) is 22.9. The van der Waals surface area contributed by atoms with Crippen LogP contribution in [0.5, 0.6) is 0 Å². The molecule has 1 aromatic carbocycles. The lowest BCUT2D eigenvalue weighted by molar-refractivity contribution is 0.00624. The van der Waals surface area contributed by atoms with Crippen LogP contribution in [0.3, 0.4) is 0 Å². The van der Waals surface area contributed by atoms with Gasteiger partial charge in [-0.1, -0.05) is 108 Å². The molecular formula is C25H33INOP. The van der Waals surface area contributed by atoms with Crippen molar-refractivity contribution in [1.29, 1.82) is 0 Å². The topological polar surface area (TPSA) is 23.5 Å². The number of rotatable bonds is 9. The molecule has 29 heavy (non-hydrogen) atoms. The fraction of sp³-hybridized carbons (Fsp3) is 0.440. The Morgan fingerprint density at radius 1 is 1.03 bits per heavy atom. The highest BCUT2D eigenvalue weighted by atomic mass is 127. The molecule has 156 valence electrons. The van der Waals surface area contributed by atoms with Gasteiger partial charge < -0.3 is 5.11 Å². The van der Waals surface area contributed by atoms with Crippen LogP contribution < -0.4 is 0 Å². The van der Waals surface area contributed by atoms with Gasteiger partial charge in [0.05, 0.1) is 12.1 Å². The third-order valence-corrected chi connectivity index (χ3v) is 6.97. The summed E-state index contributed by atoms with van der Waals surface area (Å²) >= 11 is 2.41. The number of hydrogen-bond acceptors (Lipinski definition) is 2. The van der Waals surface area contributed by atoms with Gasteiger partial charge in [0, 0.05) is 28.8 Å². The van der Waals surface area contributed by atoms with Crippen molar-refractivity contribution in [3.63, 3.8) is 0 Å². The lowest BCUT2D eigenvalue weighted by Crippen LogP contribution is -2.58. The molecule has 3 unspecified atom stereocenters. The van der Waals surface area contributed by atoms with Gasteiger partial charge in [-0.2, -0.15) is 0 Å². The Hall–Kier alpha value is -0.740. The van der Waals surface area contributed by atoms with Crippen molar-refractivity contribution >= 4 is 31.8 Å². The molecule has 2 nitrogen and oxygen atoms in total. The monoisotopic (exact) mass is 521 g/mol. The molecule has 2 aliphatic rings. The molecule has 0 radical (unpaired) electrons. The van der Waals surface area contributed by atoms with Gasteiger partial charge in [0.1, 0.15) is 0 Å². The van der Waals surface area contributed by atoms with Gasteiger partial charge in [-0.25, -0.2) is 0 Å². The Kier molecular flexibility index (Phi) is 8.73. The van der Waals surface area contributed by atoms with Gasteiger partial charge in [-0.15, -0.1) is 9.24 Å². The normalized spacial score (nSPS) is 23.5. The van der Waals surface area contributed by atoms with Crippen LogP contribution in [-0.4, -0.2) is 39.3 Å². The maximum absolute atomic E-state index is 9.89. The average molecular weight is 521 g/mol. The minimum Gasteiger partial charge on any atom is -0.395 e. The van der Waals surface area contributed by atoms with Crippen molar-refractivity contribution in [1.82, 2.24) is 4.90 Å². The molecule has 2 aliphatic carbocycles. The highest BCUT2D eigenvalue weighted by molar-refractivity contribution is 14.1. The Morgan fingerprint density at radius 3 is 2.07 bits per heavy atom. The molecule has 5 atom stereocenters. The smallest absolute Gasteiger partial charge is 0.0593 e. The summed E-state index contributed by atoms with van der Waals surface area (Å²) in [4.78, 5) is 2.68. The minimum absolute atomic E-state index is 0.160. The van der Waals surface area contributed by atoms with E-state index in [1.165, 1.54) is 5.56 Å². The molecule has 0 saturated heterocycles. The number of aliphatic hydroxyl groups is 1. The molecule has 0 fully saturated rings. The van der Waals surface area contributed by atoms with Gasteiger partial charge in [0.2, 0.25) is 0 Å². The first-order valence-corrected chi connectivity index (χ1v) is 12.5. The van der Waals surface area contributed by atoms with Crippen molar-refractivity contribution in [2.24, 2.45) is 11.8 Å². The number of benzene rings is 1. The van der Waals surface area contributed by atoms with Gasteiger partial charge >= 0.3 is 0 Å². The van der Waals surface area contributed by atoms with E-state index in [0.29, 0.717) is 17.5 Å². The fourth-order valence-corrected chi connectivity index (χ4v) is 5.62. The molecular weight excluding hydrogens is 488 g/mol. The summed E-state index contributed by atoms with van der Waals surface area (Å²) in [5.74, 6) is 0.754. The van der Waals surface area contributed by atoms with Crippen LogP contribution in [0, 0.1) is 11.8 Å². The summed E-state index contributed by atoms with van der Waals surface area (Å²) in [6.07, 6.45) is 20.2. The zero-order chi connectivity index (χ0) is 20.7. The highest BCUT2D eigenvalue weighted by Crippen LogP contribution is 2.49. The van der Waals surface area contributed by atoms with E-state index in [1.54, 1.807) is 0 Å². The summed E-state index contributed by atoms with van der Waals surface area (Å²) < 4.78 is 0.200. The summed E-state index contributed by atoms with van der Waals surface area (Å²) in [7, 11) is 2.98. The van der Waals surface area contributed by atoms with Crippen LogP contribution in [0.15, 0.2) is 78.9 Å². The van der Waals surface area contributed by atoms with E-state index in [9.17, 15) is 5.11 Å². The SMILES string of the molecule is CC(P)CN(CC(I)CO)C(c1ccccc1)([C@H]1C=CC=CC1)[C@H]1C=CC=CC1. The molecule has 0 spiro atoms. The molecule has 0 amide bonds. The first-order valence-electron chi connectivity index (χ1n) is 10.6. The predicted octanol–water partition coefficient (Wildman–Crippen LogP) is 5.51. The van der Waals surface area contributed by atoms with Crippen LogP contribution in [0.25, 0.3) is 0 Å². The third-order valence-electron chi connectivity index (χ3n) is 5.98. The number of allylic oxidation sites excluding steroid dienone is 6. The van der Waals surface area contributed by atoms with Crippen LogP contribution in [0.4, 0.5) is 0 Å². The second-order valence-corrected chi connectivity index (χ2v) is 11.1. The summed E-state index contributed by atoms with van der Waals surface area (Å²) in [6.45, 7) is 4.31. The summed E-state index contributed by atoms with van der Waals surface area (Å²) in [5.41, 5.74) is 1.68. The highest BCUT2D eigenvalue weighted by Gasteiger charge is 2.49. The molecule has 0 aromatic heterocycles. The predicted molar refractivity (Wildman–Crippen MR) is 137 cm³/mol. The van der Waals surface area contributed by atoms with Gasteiger partial charge in [0.15, 0.2) is 0 Å². The number of nitrogens with zero attached hydrogens (tertiary/aromatic N) is 1. The fourth-order valence-electron chi connectivity index (χ4n) is 4.89. The molecule has 0 saturated carbocycles.